The molecule has 0 heterocycles. The first-order chi connectivity index (χ1) is 5.54. The Labute approximate surface area is 74.5 Å². The van der Waals surface area contributed by atoms with Crippen molar-refractivity contribution < 1.29 is 9.53 Å². The molecule has 0 unspecified atom stereocenters. The minimum absolute atomic E-state index is 0.00389. The van der Waals surface area contributed by atoms with E-state index in [1.165, 1.54) is 6.92 Å². The van der Waals surface area contributed by atoms with Crippen molar-refractivity contribution in [2.24, 2.45) is 5.92 Å². The maximum Gasteiger partial charge on any atom is 0.216 e. The van der Waals surface area contributed by atoms with Gasteiger partial charge < -0.3 is 10.1 Å². The summed E-state index contributed by atoms with van der Waals surface area (Å²) in [7, 11) is 0. The van der Waals surface area contributed by atoms with Crippen LogP contribution in [0.2, 0.25) is 0 Å². The molecule has 12 heavy (non-hydrogen) atoms. The van der Waals surface area contributed by atoms with Crippen molar-refractivity contribution in [2.45, 2.75) is 33.8 Å². The second kappa shape index (κ2) is 6.00. The minimum atomic E-state index is -0.00389. The van der Waals surface area contributed by atoms with Gasteiger partial charge in [0.05, 0.1) is 12.7 Å². The van der Waals surface area contributed by atoms with Gasteiger partial charge in [0, 0.05) is 13.5 Å². The van der Waals surface area contributed by atoms with Gasteiger partial charge >= 0.3 is 0 Å². The summed E-state index contributed by atoms with van der Waals surface area (Å²) in [6.45, 7) is 8.97. The van der Waals surface area contributed by atoms with Crippen LogP contribution in [-0.4, -0.2) is 25.2 Å². The summed E-state index contributed by atoms with van der Waals surface area (Å²) in [5, 5.41) is 2.68. The Hall–Kier alpha value is -0.570. The average Bonchev–Trinajstić information content (AvgIpc) is 1.97. The molecule has 0 saturated heterocycles. The van der Waals surface area contributed by atoms with Gasteiger partial charge in [-0.15, -0.1) is 0 Å². The van der Waals surface area contributed by atoms with Crippen molar-refractivity contribution in [1.82, 2.24) is 5.32 Å². The molecular formula is C9H19NO2. The van der Waals surface area contributed by atoms with Crippen LogP contribution in [0.3, 0.4) is 0 Å². The molecule has 1 N–H and O–H groups in total. The maximum atomic E-state index is 10.5. The SMILES string of the molecule is CC(=O)NCCO[C@H](C)C(C)C. The molecule has 0 aromatic rings. The van der Waals surface area contributed by atoms with Crippen LogP contribution in [0.1, 0.15) is 27.7 Å². The van der Waals surface area contributed by atoms with Gasteiger partial charge in [0.1, 0.15) is 0 Å². The summed E-state index contributed by atoms with van der Waals surface area (Å²) in [6, 6.07) is 0. The van der Waals surface area contributed by atoms with E-state index in [0.717, 1.165) is 0 Å². The first-order valence-electron chi connectivity index (χ1n) is 4.40. The number of carbonyl (C=O) groups is 1. The summed E-state index contributed by atoms with van der Waals surface area (Å²) < 4.78 is 5.44. The number of hydrogen-bond acceptors (Lipinski definition) is 2. The summed E-state index contributed by atoms with van der Waals surface area (Å²) in [5.41, 5.74) is 0. The molecule has 3 heteroatoms. The summed E-state index contributed by atoms with van der Waals surface area (Å²) in [6.07, 6.45) is 0.263. The smallest absolute Gasteiger partial charge is 0.216 e. The fraction of sp³-hybridized carbons (Fsp3) is 0.889. The molecule has 3 nitrogen and oxygen atoms in total. The average molecular weight is 173 g/mol. The van der Waals surface area contributed by atoms with E-state index in [4.69, 9.17) is 4.74 Å². The summed E-state index contributed by atoms with van der Waals surface area (Å²) >= 11 is 0. The molecule has 0 bridgehead atoms. The standard InChI is InChI=1S/C9H19NO2/c1-7(2)8(3)12-6-5-10-9(4)11/h7-8H,5-6H2,1-4H3,(H,10,11)/t8-/m1/s1. The van der Waals surface area contributed by atoms with Crippen LogP contribution in [0, 0.1) is 5.92 Å². The predicted octanol–water partition coefficient (Wildman–Crippen LogP) is 1.18. The Balaban J connectivity index is 3.25. The quantitative estimate of drug-likeness (QED) is 0.634. The molecular weight excluding hydrogens is 154 g/mol. The van der Waals surface area contributed by atoms with Gasteiger partial charge in [0.2, 0.25) is 5.91 Å². The Morgan fingerprint density at radius 3 is 2.42 bits per heavy atom. The molecule has 0 saturated carbocycles. The summed E-state index contributed by atoms with van der Waals surface area (Å²) in [4.78, 5) is 10.5. The molecule has 72 valence electrons. The predicted molar refractivity (Wildman–Crippen MR) is 48.9 cm³/mol. The molecule has 0 aromatic heterocycles. The lowest BCUT2D eigenvalue weighted by Crippen LogP contribution is -2.27. The van der Waals surface area contributed by atoms with E-state index in [2.05, 4.69) is 19.2 Å². The number of nitrogens with one attached hydrogen (secondary N) is 1. The Bertz CT molecular complexity index is 134. The molecule has 1 amide bonds. The lowest BCUT2D eigenvalue weighted by molar-refractivity contribution is -0.119. The Morgan fingerprint density at radius 1 is 1.42 bits per heavy atom. The normalized spacial score (nSPS) is 13.1. The molecule has 0 rings (SSSR count). The number of amides is 1. The van der Waals surface area contributed by atoms with E-state index in [1.807, 2.05) is 6.92 Å². The first-order valence-corrected chi connectivity index (χ1v) is 4.40. The van der Waals surface area contributed by atoms with Crippen LogP contribution in [0.5, 0.6) is 0 Å². The Morgan fingerprint density at radius 2 is 2.00 bits per heavy atom. The monoisotopic (exact) mass is 173 g/mol. The number of rotatable bonds is 5. The highest BCUT2D eigenvalue weighted by Gasteiger charge is 2.05. The third-order valence-corrected chi connectivity index (χ3v) is 1.80. The van der Waals surface area contributed by atoms with Crippen molar-refractivity contribution in [3.63, 3.8) is 0 Å². The molecule has 0 radical (unpaired) electrons. The van der Waals surface area contributed by atoms with Crippen molar-refractivity contribution in [2.75, 3.05) is 13.2 Å². The minimum Gasteiger partial charge on any atom is -0.376 e. The zero-order valence-corrected chi connectivity index (χ0v) is 8.39. The van der Waals surface area contributed by atoms with Crippen LogP contribution < -0.4 is 5.32 Å². The van der Waals surface area contributed by atoms with E-state index in [9.17, 15) is 4.79 Å². The molecule has 0 spiro atoms. The van der Waals surface area contributed by atoms with Gasteiger partial charge in [-0.3, -0.25) is 4.79 Å². The molecule has 0 aromatic carbocycles. The highest BCUT2D eigenvalue weighted by atomic mass is 16.5. The summed E-state index contributed by atoms with van der Waals surface area (Å²) in [5.74, 6) is 0.526. The van der Waals surface area contributed by atoms with E-state index in [1.54, 1.807) is 0 Å². The number of carbonyl (C=O) groups excluding carboxylic acids is 1. The van der Waals surface area contributed by atoms with Crippen molar-refractivity contribution >= 4 is 5.91 Å². The van der Waals surface area contributed by atoms with Crippen molar-refractivity contribution in [3.8, 4) is 0 Å². The lowest BCUT2D eigenvalue weighted by Gasteiger charge is -2.16. The van der Waals surface area contributed by atoms with Gasteiger partial charge in [-0.1, -0.05) is 13.8 Å². The fourth-order valence-electron chi connectivity index (χ4n) is 0.664. The van der Waals surface area contributed by atoms with Crippen molar-refractivity contribution in [1.29, 1.82) is 0 Å². The van der Waals surface area contributed by atoms with Crippen LogP contribution >= 0.6 is 0 Å². The second-order valence-electron chi connectivity index (χ2n) is 3.30. The molecule has 0 aliphatic heterocycles. The molecule has 0 aliphatic rings. The van der Waals surface area contributed by atoms with Crippen LogP contribution in [0.4, 0.5) is 0 Å². The number of ether oxygens (including phenoxy) is 1. The lowest BCUT2D eigenvalue weighted by atomic mass is 10.1. The molecule has 0 fully saturated rings. The highest BCUT2D eigenvalue weighted by molar-refractivity contribution is 5.72. The van der Waals surface area contributed by atoms with Gasteiger partial charge in [0.15, 0.2) is 0 Å². The maximum absolute atomic E-state index is 10.5. The largest absolute Gasteiger partial charge is 0.376 e. The zero-order chi connectivity index (χ0) is 9.56. The topological polar surface area (TPSA) is 38.3 Å². The van der Waals surface area contributed by atoms with Crippen LogP contribution in [0.25, 0.3) is 0 Å². The second-order valence-corrected chi connectivity index (χ2v) is 3.30. The zero-order valence-electron chi connectivity index (χ0n) is 8.39. The highest BCUT2D eigenvalue weighted by Crippen LogP contribution is 2.03. The first kappa shape index (κ1) is 11.4. The fourth-order valence-corrected chi connectivity index (χ4v) is 0.664. The number of hydrogen-bond donors (Lipinski definition) is 1. The van der Waals surface area contributed by atoms with Crippen LogP contribution in [0.15, 0.2) is 0 Å². The van der Waals surface area contributed by atoms with E-state index >= 15 is 0 Å². The Kier molecular flexibility index (Phi) is 5.72. The van der Waals surface area contributed by atoms with Gasteiger partial charge in [-0.25, -0.2) is 0 Å². The van der Waals surface area contributed by atoms with Gasteiger partial charge in [0.25, 0.3) is 0 Å². The third-order valence-electron chi connectivity index (χ3n) is 1.80. The third kappa shape index (κ3) is 6.16. The van der Waals surface area contributed by atoms with Gasteiger partial charge in [-0.05, 0) is 12.8 Å². The van der Waals surface area contributed by atoms with E-state index < -0.39 is 0 Å². The van der Waals surface area contributed by atoms with Crippen LogP contribution in [-0.2, 0) is 9.53 Å². The van der Waals surface area contributed by atoms with E-state index in [-0.39, 0.29) is 12.0 Å². The van der Waals surface area contributed by atoms with E-state index in [0.29, 0.717) is 19.1 Å². The molecule has 0 aliphatic carbocycles. The van der Waals surface area contributed by atoms with Crippen molar-refractivity contribution in [3.05, 3.63) is 0 Å². The molecule has 1 atom stereocenters. The van der Waals surface area contributed by atoms with Gasteiger partial charge in [-0.2, -0.15) is 0 Å².